The van der Waals surface area contributed by atoms with E-state index in [9.17, 15) is 30.3 Å². The fourth-order valence-electron chi connectivity index (χ4n) is 7.72. The van der Waals surface area contributed by atoms with Crippen LogP contribution in [0.1, 0.15) is 140 Å². The number of aliphatic hydroxyl groups is 4. The summed E-state index contributed by atoms with van der Waals surface area (Å²) in [5, 5.41) is 56.1. The Labute approximate surface area is 289 Å². The molecule has 7 heteroatoms. The van der Waals surface area contributed by atoms with Crippen molar-refractivity contribution in [2.75, 3.05) is 6.61 Å². The number of carboxylic acids is 1. The normalized spacial score (nSPS) is 21.9. The van der Waals surface area contributed by atoms with E-state index in [1.54, 1.807) is 6.92 Å². The summed E-state index contributed by atoms with van der Waals surface area (Å²) in [7, 11) is 0. The second-order valence-corrected chi connectivity index (χ2v) is 14.4. The molecule has 48 heavy (non-hydrogen) atoms. The maximum absolute atomic E-state index is 11.7. The molecular formula is C41H63NO6. The van der Waals surface area contributed by atoms with Gasteiger partial charge in [-0.2, -0.15) is 0 Å². The number of carboxylic acid groups (broad SMARTS) is 1. The van der Waals surface area contributed by atoms with Gasteiger partial charge in [0.2, 0.25) is 0 Å². The maximum Gasteiger partial charge on any atom is 0.303 e. The van der Waals surface area contributed by atoms with E-state index < -0.39 is 24.3 Å². The summed E-state index contributed by atoms with van der Waals surface area (Å²) in [6.07, 6.45) is 16.2. The number of fused-ring (bicyclic) bond motifs is 1. The van der Waals surface area contributed by atoms with E-state index in [2.05, 4.69) is 49.2 Å². The minimum Gasteiger partial charge on any atom is -0.481 e. The first-order valence-electron chi connectivity index (χ1n) is 18.7. The lowest BCUT2D eigenvalue weighted by molar-refractivity contribution is -0.139. The van der Waals surface area contributed by atoms with Gasteiger partial charge in [0.05, 0.1) is 31.3 Å². The third-order valence-corrected chi connectivity index (χ3v) is 10.6. The van der Waals surface area contributed by atoms with Crippen LogP contribution in [-0.4, -0.2) is 68.5 Å². The molecule has 0 unspecified atom stereocenters. The van der Waals surface area contributed by atoms with E-state index in [1.807, 2.05) is 12.2 Å². The van der Waals surface area contributed by atoms with Crippen molar-refractivity contribution in [3.63, 3.8) is 0 Å². The van der Waals surface area contributed by atoms with E-state index in [0.717, 1.165) is 106 Å². The highest BCUT2D eigenvalue weighted by molar-refractivity contribution is 5.67. The van der Waals surface area contributed by atoms with Crippen LogP contribution in [-0.2, 0) is 17.6 Å². The van der Waals surface area contributed by atoms with Crippen molar-refractivity contribution < 1.29 is 30.3 Å². The molecule has 1 aromatic rings. The molecular weight excluding hydrogens is 602 g/mol. The van der Waals surface area contributed by atoms with Crippen LogP contribution < -0.4 is 5.32 Å². The van der Waals surface area contributed by atoms with Gasteiger partial charge in [0.15, 0.2) is 0 Å². The summed E-state index contributed by atoms with van der Waals surface area (Å²) in [6.45, 7) is 5.70. The van der Waals surface area contributed by atoms with Crippen molar-refractivity contribution in [2.45, 2.75) is 167 Å². The van der Waals surface area contributed by atoms with E-state index >= 15 is 0 Å². The lowest BCUT2D eigenvalue weighted by Gasteiger charge is -2.32. The van der Waals surface area contributed by atoms with Crippen molar-refractivity contribution in [1.29, 1.82) is 0 Å². The molecule has 1 heterocycles. The summed E-state index contributed by atoms with van der Waals surface area (Å²) in [6, 6.07) is 5.82. The summed E-state index contributed by atoms with van der Waals surface area (Å²) in [5.74, 6) is 6.11. The van der Waals surface area contributed by atoms with Crippen LogP contribution in [0.4, 0.5) is 0 Å². The Balaban J connectivity index is 2.04. The predicted molar refractivity (Wildman–Crippen MR) is 194 cm³/mol. The molecule has 1 aliphatic heterocycles. The Morgan fingerprint density at radius 2 is 1.85 bits per heavy atom. The molecule has 6 N–H and O–H groups in total. The molecule has 2 aliphatic rings. The van der Waals surface area contributed by atoms with E-state index in [0.29, 0.717) is 19.3 Å². The topological polar surface area (TPSA) is 130 Å². The van der Waals surface area contributed by atoms with Crippen LogP contribution in [0.5, 0.6) is 0 Å². The van der Waals surface area contributed by atoms with Crippen molar-refractivity contribution in [3.8, 4) is 11.8 Å². The number of unbranched alkanes of at least 4 members (excludes halogenated alkanes) is 3. The first-order chi connectivity index (χ1) is 23.1. The standard InChI is InChI=1S/C41H63NO6/c1-4-6-7-16-34(45)23-22-33-21-20-32-15-12-14-31(5-2)36(32)17-13-19-38(30(3)44)42-39(37(33)27-35(46)29-43)18-8-9-24-41(28-40(47)48)25-10-11-26-41/h12,14-15,22-23,30,34-35,38-39,42-46H,4-11,16,18-21,24-29H2,1-3H3,(H,47,48)/t30-,34-,35-,38+,39-/m0/s1. The number of hydrogen-bond acceptors (Lipinski definition) is 6. The lowest BCUT2D eigenvalue weighted by Crippen LogP contribution is -2.46. The number of aliphatic carboxylic acids is 1. The van der Waals surface area contributed by atoms with Gasteiger partial charge in [-0.15, -0.1) is 0 Å². The molecule has 0 amide bonds. The molecule has 1 aliphatic carbocycles. The molecule has 1 fully saturated rings. The van der Waals surface area contributed by atoms with Crippen LogP contribution >= 0.6 is 0 Å². The molecule has 1 aromatic carbocycles. The molecule has 0 bridgehead atoms. The number of carbonyl (C=O) groups is 1. The average molecular weight is 666 g/mol. The maximum atomic E-state index is 11.7. The predicted octanol–water partition coefficient (Wildman–Crippen LogP) is 6.78. The number of benzene rings is 1. The Bertz CT molecular complexity index is 1250. The van der Waals surface area contributed by atoms with Gasteiger partial charge in [0.25, 0.3) is 0 Å². The van der Waals surface area contributed by atoms with Crippen molar-refractivity contribution in [3.05, 3.63) is 58.2 Å². The smallest absolute Gasteiger partial charge is 0.303 e. The first-order valence-corrected chi connectivity index (χ1v) is 18.7. The second-order valence-electron chi connectivity index (χ2n) is 14.4. The van der Waals surface area contributed by atoms with Crippen LogP contribution in [0.2, 0.25) is 0 Å². The van der Waals surface area contributed by atoms with Gasteiger partial charge in [0.1, 0.15) is 0 Å². The minimum atomic E-state index is -0.948. The average Bonchev–Trinajstić information content (AvgIpc) is 3.51. The monoisotopic (exact) mass is 665 g/mol. The van der Waals surface area contributed by atoms with Gasteiger partial charge in [-0.1, -0.05) is 101 Å². The van der Waals surface area contributed by atoms with Crippen molar-refractivity contribution in [2.24, 2.45) is 5.41 Å². The Kier molecular flexibility index (Phi) is 17.4. The minimum absolute atomic E-state index is 0.123. The van der Waals surface area contributed by atoms with Gasteiger partial charge >= 0.3 is 5.97 Å². The Morgan fingerprint density at radius 1 is 1.08 bits per heavy atom. The molecule has 0 radical (unpaired) electrons. The zero-order valence-electron chi connectivity index (χ0n) is 29.9. The number of rotatable bonds is 18. The van der Waals surface area contributed by atoms with E-state index in [-0.39, 0.29) is 36.9 Å². The number of aryl methyl sites for hydroxylation is 2. The third-order valence-electron chi connectivity index (χ3n) is 10.6. The van der Waals surface area contributed by atoms with Crippen LogP contribution in [0.3, 0.4) is 0 Å². The SMILES string of the molecule is CCCCC[C@H](O)C=CC1=C(C[C@H](O)CO)[C@H](CCCCC2(CC(=O)O)CCCC2)N[C@@H]([C@H](C)O)CC#Cc2c(CC)cccc2CC1. The Hall–Kier alpha value is -2.47. The van der Waals surface area contributed by atoms with Crippen LogP contribution in [0.15, 0.2) is 41.5 Å². The number of hydrogen-bond donors (Lipinski definition) is 6. The summed E-state index contributed by atoms with van der Waals surface area (Å²) >= 11 is 0. The molecule has 5 atom stereocenters. The van der Waals surface area contributed by atoms with Gasteiger partial charge in [-0.05, 0) is 92.4 Å². The van der Waals surface area contributed by atoms with Crippen molar-refractivity contribution >= 4 is 5.97 Å². The summed E-state index contributed by atoms with van der Waals surface area (Å²) < 4.78 is 0. The molecule has 0 aromatic heterocycles. The van der Waals surface area contributed by atoms with Crippen LogP contribution in [0.25, 0.3) is 0 Å². The number of nitrogens with one attached hydrogen (secondary N) is 1. The van der Waals surface area contributed by atoms with Crippen LogP contribution in [0, 0.1) is 17.3 Å². The molecule has 0 saturated heterocycles. The fourth-order valence-corrected chi connectivity index (χ4v) is 7.72. The first kappa shape index (κ1) is 40.0. The molecule has 7 nitrogen and oxygen atoms in total. The van der Waals surface area contributed by atoms with Gasteiger partial charge in [-0.25, -0.2) is 0 Å². The van der Waals surface area contributed by atoms with E-state index in [1.165, 1.54) is 5.56 Å². The quantitative estimate of drug-likeness (QED) is 0.0754. The van der Waals surface area contributed by atoms with Gasteiger partial charge in [0, 0.05) is 24.1 Å². The molecule has 1 saturated carbocycles. The van der Waals surface area contributed by atoms with Crippen molar-refractivity contribution in [1.82, 2.24) is 5.32 Å². The largest absolute Gasteiger partial charge is 0.481 e. The molecule has 0 spiro atoms. The summed E-state index contributed by atoms with van der Waals surface area (Å²) in [4.78, 5) is 11.7. The zero-order chi connectivity index (χ0) is 34.9. The highest BCUT2D eigenvalue weighted by Gasteiger charge is 2.35. The summed E-state index contributed by atoms with van der Waals surface area (Å²) in [5.41, 5.74) is 5.30. The highest BCUT2D eigenvalue weighted by Crippen LogP contribution is 2.45. The zero-order valence-corrected chi connectivity index (χ0v) is 29.9. The fraction of sp³-hybridized carbons (Fsp3) is 0.683. The second kappa shape index (κ2) is 20.9. The third kappa shape index (κ3) is 12.8. The number of allylic oxidation sites excluding steroid dienone is 2. The van der Waals surface area contributed by atoms with E-state index in [4.69, 9.17) is 0 Å². The molecule has 3 rings (SSSR count). The van der Waals surface area contributed by atoms with Gasteiger partial charge in [-0.3, -0.25) is 4.79 Å². The van der Waals surface area contributed by atoms with Gasteiger partial charge < -0.3 is 30.8 Å². The Morgan fingerprint density at radius 3 is 2.52 bits per heavy atom. The highest BCUT2D eigenvalue weighted by atomic mass is 16.4. The lowest BCUT2D eigenvalue weighted by atomic mass is 9.77. The number of aliphatic hydroxyl groups excluding tert-OH is 4. The molecule has 268 valence electrons.